The standard InChI is InChI=1S/C14H13F4N3/c1-8-12(15)13(19-2)21-11(20-8)7-9-4-3-5-10(6-9)14(16,17)18/h3-6H,7H2,1-2H3,(H,19,20,21). The van der Waals surface area contributed by atoms with E-state index in [0.29, 0.717) is 5.56 Å². The Balaban J connectivity index is 2.32. The summed E-state index contributed by atoms with van der Waals surface area (Å²) in [6.45, 7) is 1.48. The molecule has 0 saturated carbocycles. The van der Waals surface area contributed by atoms with Crippen LogP contribution in [0.25, 0.3) is 0 Å². The summed E-state index contributed by atoms with van der Waals surface area (Å²) in [4.78, 5) is 7.92. The van der Waals surface area contributed by atoms with E-state index in [1.807, 2.05) is 0 Å². The van der Waals surface area contributed by atoms with Gasteiger partial charge in [0.2, 0.25) is 0 Å². The zero-order valence-corrected chi connectivity index (χ0v) is 11.4. The highest BCUT2D eigenvalue weighted by Crippen LogP contribution is 2.29. The van der Waals surface area contributed by atoms with Crippen molar-refractivity contribution in [2.75, 3.05) is 12.4 Å². The molecule has 0 radical (unpaired) electrons. The molecule has 7 heteroatoms. The number of nitrogens with zero attached hydrogens (tertiary/aromatic N) is 2. The fraction of sp³-hybridized carbons (Fsp3) is 0.286. The average Bonchev–Trinajstić information content (AvgIpc) is 2.42. The van der Waals surface area contributed by atoms with E-state index in [-0.39, 0.29) is 23.8 Å². The molecular weight excluding hydrogens is 286 g/mol. The molecular formula is C14H13F4N3. The number of halogens is 4. The van der Waals surface area contributed by atoms with Gasteiger partial charge in [-0.05, 0) is 18.6 Å². The second kappa shape index (κ2) is 5.67. The van der Waals surface area contributed by atoms with Gasteiger partial charge in [0.15, 0.2) is 11.6 Å². The minimum absolute atomic E-state index is 0.0319. The van der Waals surface area contributed by atoms with Crippen molar-refractivity contribution in [3.8, 4) is 0 Å². The minimum Gasteiger partial charge on any atom is -0.371 e. The molecule has 0 aliphatic carbocycles. The number of nitrogens with one attached hydrogen (secondary N) is 1. The van der Waals surface area contributed by atoms with Crippen LogP contribution in [-0.4, -0.2) is 17.0 Å². The third-order valence-corrected chi connectivity index (χ3v) is 2.92. The normalized spacial score (nSPS) is 11.5. The van der Waals surface area contributed by atoms with Crippen molar-refractivity contribution < 1.29 is 17.6 Å². The fourth-order valence-corrected chi connectivity index (χ4v) is 1.90. The molecule has 3 nitrogen and oxygen atoms in total. The van der Waals surface area contributed by atoms with E-state index in [9.17, 15) is 17.6 Å². The number of aromatic nitrogens is 2. The first-order valence-corrected chi connectivity index (χ1v) is 6.18. The van der Waals surface area contributed by atoms with Crippen molar-refractivity contribution in [1.29, 1.82) is 0 Å². The SMILES string of the molecule is CNc1nc(Cc2cccc(C(F)(F)F)c2)nc(C)c1F. The van der Waals surface area contributed by atoms with E-state index in [2.05, 4.69) is 15.3 Å². The third-order valence-electron chi connectivity index (χ3n) is 2.92. The van der Waals surface area contributed by atoms with E-state index >= 15 is 0 Å². The van der Waals surface area contributed by atoms with Crippen molar-refractivity contribution in [3.05, 3.63) is 52.7 Å². The van der Waals surface area contributed by atoms with Crippen molar-refractivity contribution in [2.45, 2.75) is 19.5 Å². The molecule has 1 aromatic carbocycles. The molecule has 2 rings (SSSR count). The zero-order valence-electron chi connectivity index (χ0n) is 11.4. The van der Waals surface area contributed by atoms with Gasteiger partial charge in [-0.15, -0.1) is 0 Å². The lowest BCUT2D eigenvalue weighted by Gasteiger charge is -2.10. The Morgan fingerprint density at radius 3 is 2.52 bits per heavy atom. The van der Waals surface area contributed by atoms with Crippen LogP contribution in [-0.2, 0) is 12.6 Å². The summed E-state index contributed by atoms with van der Waals surface area (Å²) in [7, 11) is 1.51. The van der Waals surface area contributed by atoms with Gasteiger partial charge in [-0.2, -0.15) is 13.2 Å². The van der Waals surface area contributed by atoms with E-state index < -0.39 is 17.6 Å². The second-order valence-electron chi connectivity index (χ2n) is 4.51. The molecule has 0 fully saturated rings. The van der Waals surface area contributed by atoms with Crippen molar-refractivity contribution >= 4 is 5.82 Å². The van der Waals surface area contributed by atoms with Crippen molar-refractivity contribution in [1.82, 2.24) is 9.97 Å². The Morgan fingerprint density at radius 2 is 1.90 bits per heavy atom. The topological polar surface area (TPSA) is 37.8 Å². The Kier molecular flexibility index (Phi) is 4.11. The van der Waals surface area contributed by atoms with Crippen molar-refractivity contribution in [3.63, 3.8) is 0 Å². The van der Waals surface area contributed by atoms with Crippen LogP contribution in [0.2, 0.25) is 0 Å². The molecule has 112 valence electrons. The maximum atomic E-state index is 13.6. The summed E-state index contributed by atoms with van der Waals surface area (Å²) < 4.78 is 51.6. The molecule has 0 aliphatic rings. The Bertz CT molecular complexity index is 653. The van der Waals surface area contributed by atoms with E-state index in [1.54, 1.807) is 6.07 Å². The molecule has 0 saturated heterocycles. The number of hydrogen-bond donors (Lipinski definition) is 1. The monoisotopic (exact) mass is 299 g/mol. The molecule has 0 spiro atoms. The lowest BCUT2D eigenvalue weighted by atomic mass is 10.1. The number of anilines is 1. The van der Waals surface area contributed by atoms with Gasteiger partial charge < -0.3 is 5.32 Å². The first kappa shape index (κ1) is 15.2. The predicted octanol–water partition coefficient (Wildman–Crippen LogP) is 3.58. The van der Waals surface area contributed by atoms with Crippen LogP contribution >= 0.6 is 0 Å². The summed E-state index contributed by atoms with van der Waals surface area (Å²) in [6.07, 6.45) is -4.30. The number of benzene rings is 1. The molecule has 0 bridgehead atoms. The van der Waals surface area contributed by atoms with Crippen LogP contribution in [0.1, 0.15) is 22.6 Å². The molecule has 1 heterocycles. The summed E-state index contributed by atoms with van der Waals surface area (Å²) in [5, 5.41) is 2.59. The zero-order chi connectivity index (χ0) is 15.6. The van der Waals surface area contributed by atoms with Crippen LogP contribution in [0.15, 0.2) is 24.3 Å². The second-order valence-corrected chi connectivity index (χ2v) is 4.51. The van der Waals surface area contributed by atoms with Gasteiger partial charge >= 0.3 is 6.18 Å². The highest BCUT2D eigenvalue weighted by molar-refractivity contribution is 5.38. The van der Waals surface area contributed by atoms with Gasteiger partial charge in [0, 0.05) is 13.5 Å². The van der Waals surface area contributed by atoms with Crippen molar-refractivity contribution in [2.24, 2.45) is 0 Å². The van der Waals surface area contributed by atoms with Gasteiger partial charge in [-0.3, -0.25) is 0 Å². The van der Waals surface area contributed by atoms with Crippen LogP contribution in [0.5, 0.6) is 0 Å². The molecule has 0 aliphatic heterocycles. The molecule has 0 atom stereocenters. The largest absolute Gasteiger partial charge is 0.416 e. The predicted molar refractivity (Wildman–Crippen MR) is 70.5 cm³/mol. The van der Waals surface area contributed by atoms with Gasteiger partial charge in [-0.1, -0.05) is 18.2 Å². The third kappa shape index (κ3) is 3.48. The smallest absolute Gasteiger partial charge is 0.371 e. The van der Waals surface area contributed by atoms with Crippen LogP contribution in [0.4, 0.5) is 23.4 Å². The van der Waals surface area contributed by atoms with Crippen LogP contribution < -0.4 is 5.32 Å². The molecule has 1 N–H and O–H groups in total. The number of alkyl halides is 3. The van der Waals surface area contributed by atoms with E-state index in [0.717, 1.165) is 12.1 Å². The van der Waals surface area contributed by atoms with Gasteiger partial charge in [0.1, 0.15) is 5.82 Å². The lowest BCUT2D eigenvalue weighted by Crippen LogP contribution is -2.08. The Morgan fingerprint density at radius 1 is 1.19 bits per heavy atom. The first-order chi connectivity index (χ1) is 9.81. The summed E-state index contributed by atoms with van der Waals surface area (Å²) >= 11 is 0. The van der Waals surface area contributed by atoms with Gasteiger partial charge in [-0.25, -0.2) is 14.4 Å². The Hall–Kier alpha value is -2.18. The van der Waals surface area contributed by atoms with E-state index in [1.165, 1.54) is 20.0 Å². The molecule has 0 unspecified atom stereocenters. The maximum Gasteiger partial charge on any atom is 0.416 e. The number of hydrogen-bond acceptors (Lipinski definition) is 3. The highest BCUT2D eigenvalue weighted by atomic mass is 19.4. The number of aryl methyl sites for hydroxylation is 1. The maximum absolute atomic E-state index is 13.6. The molecule has 1 aromatic heterocycles. The van der Waals surface area contributed by atoms with Gasteiger partial charge in [0.05, 0.1) is 11.3 Å². The average molecular weight is 299 g/mol. The Labute approximate surface area is 119 Å². The first-order valence-electron chi connectivity index (χ1n) is 6.18. The van der Waals surface area contributed by atoms with Crippen LogP contribution in [0.3, 0.4) is 0 Å². The molecule has 0 amide bonds. The summed E-state index contributed by atoms with van der Waals surface area (Å²) in [5.74, 6) is -0.271. The quantitative estimate of drug-likeness (QED) is 0.880. The minimum atomic E-state index is -4.40. The van der Waals surface area contributed by atoms with Crippen LogP contribution in [0, 0.1) is 12.7 Å². The fourth-order valence-electron chi connectivity index (χ4n) is 1.90. The summed E-state index contributed by atoms with van der Waals surface area (Å²) in [6, 6.07) is 4.92. The van der Waals surface area contributed by atoms with Gasteiger partial charge in [0.25, 0.3) is 0 Å². The lowest BCUT2D eigenvalue weighted by molar-refractivity contribution is -0.137. The molecule has 2 aromatic rings. The van der Waals surface area contributed by atoms with E-state index in [4.69, 9.17) is 0 Å². The highest BCUT2D eigenvalue weighted by Gasteiger charge is 2.30. The number of rotatable bonds is 3. The summed E-state index contributed by atoms with van der Waals surface area (Å²) in [5.41, 5.74) is -0.165. The molecule has 21 heavy (non-hydrogen) atoms.